The average Bonchev–Trinajstić information content (AvgIpc) is 2.82. The normalized spacial score (nSPS) is 20.1. The van der Waals surface area contributed by atoms with Crippen LogP contribution in [0.2, 0.25) is 0 Å². The molecule has 2 N–H and O–H groups in total. The molecule has 1 atom stereocenters. The third-order valence-electron chi connectivity index (χ3n) is 6.99. The van der Waals surface area contributed by atoms with Crippen molar-refractivity contribution < 1.29 is 14.3 Å². The minimum Gasteiger partial charge on any atom is -0.497 e. The zero-order valence-corrected chi connectivity index (χ0v) is 19.4. The SMILES string of the molecule is COc1ccc(C(=O)N[C@H](C(=O)NCC2(N3CCCCC3)CCCCC2)C(C)C)cc1. The first-order valence-electron chi connectivity index (χ1n) is 11.9. The van der Waals surface area contributed by atoms with E-state index < -0.39 is 6.04 Å². The summed E-state index contributed by atoms with van der Waals surface area (Å²) in [6, 6.07) is 6.39. The van der Waals surface area contributed by atoms with Crippen LogP contribution in [0.15, 0.2) is 24.3 Å². The predicted molar refractivity (Wildman–Crippen MR) is 123 cm³/mol. The molecule has 172 valence electrons. The first-order chi connectivity index (χ1) is 14.9. The van der Waals surface area contributed by atoms with Crippen LogP contribution in [-0.2, 0) is 4.79 Å². The number of ether oxygens (including phenoxy) is 1. The Balaban J connectivity index is 1.64. The van der Waals surface area contributed by atoms with Crippen LogP contribution in [0.1, 0.15) is 75.6 Å². The summed E-state index contributed by atoms with van der Waals surface area (Å²) in [5.41, 5.74) is 0.604. The Hall–Kier alpha value is -2.08. The van der Waals surface area contributed by atoms with E-state index in [1.807, 2.05) is 13.8 Å². The molecule has 6 nitrogen and oxygen atoms in total. The highest BCUT2D eigenvalue weighted by molar-refractivity contribution is 5.97. The third kappa shape index (κ3) is 6.00. The lowest BCUT2D eigenvalue weighted by Crippen LogP contribution is -2.60. The van der Waals surface area contributed by atoms with Gasteiger partial charge in [0.1, 0.15) is 11.8 Å². The fourth-order valence-electron chi connectivity index (χ4n) is 5.05. The predicted octanol–water partition coefficient (Wildman–Crippen LogP) is 3.75. The molecule has 2 amide bonds. The van der Waals surface area contributed by atoms with Crippen molar-refractivity contribution in [3.63, 3.8) is 0 Å². The molecule has 1 saturated heterocycles. The van der Waals surface area contributed by atoms with Gasteiger partial charge in [0.05, 0.1) is 7.11 Å². The maximum atomic E-state index is 13.2. The highest BCUT2D eigenvalue weighted by Crippen LogP contribution is 2.35. The topological polar surface area (TPSA) is 70.7 Å². The summed E-state index contributed by atoms with van der Waals surface area (Å²) in [4.78, 5) is 28.5. The molecule has 2 fully saturated rings. The smallest absolute Gasteiger partial charge is 0.251 e. The van der Waals surface area contributed by atoms with E-state index >= 15 is 0 Å². The van der Waals surface area contributed by atoms with Crippen LogP contribution in [0.3, 0.4) is 0 Å². The summed E-state index contributed by atoms with van der Waals surface area (Å²) in [6.07, 6.45) is 9.87. The number of amides is 2. The van der Waals surface area contributed by atoms with Crippen molar-refractivity contribution in [1.82, 2.24) is 15.5 Å². The zero-order chi connectivity index (χ0) is 22.3. The molecule has 6 heteroatoms. The lowest BCUT2D eigenvalue weighted by atomic mass is 9.79. The highest BCUT2D eigenvalue weighted by Gasteiger charge is 2.39. The maximum Gasteiger partial charge on any atom is 0.251 e. The first-order valence-corrected chi connectivity index (χ1v) is 11.9. The lowest BCUT2D eigenvalue weighted by molar-refractivity contribution is -0.125. The Bertz CT molecular complexity index is 720. The maximum absolute atomic E-state index is 13.2. The number of nitrogens with zero attached hydrogens (tertiary/aromatic N) is 1. The second kappa shape index (κ2) is 11.0. The van der Waals surface area contributed by atoms with Gasteiger partial charge in [-0.3, -0.25) is 14.5 Å². The number of likely N-dealkylation sites (tertiary alicyclic amines) is 1. The van der Waals surface area contributed by atoms with Gasteiger partial charge in [-0.15, -0.1) is 0 Å². The van der Waals surface area contributed by atoms with Crippen molar-refractivity contribution in [2.45, 2.75) is 76.8 Å². The minimum absolute atomic E-state index is 0.000471. The van der Waals surface area contributed by atoms with E-state index in [2.05, 4.69) is 15.5 Å². The number of methoxy groups -OCH3 is 1. The van der Waals surface area contributed by atoms with E-state index in [4.69, 9.17) is 4.74 Å². The number of piperidine rings is 1. The fraction of sp³-hybridized carbons (Fsp3) is 0.680. The van der Waals surface area contributed by atoms with Gasteiger partial charge in [-0.05, 0) is 69.0 Å². The van der Waals surface area contributed by atoms with Crippen LogP contribution in [0.4, 0.5) is 0 Å². The van der Waals surface area contributed by atoms with Gasteiger partial charge in [-0.2, -0.15) is 0 Å². The summed E-state index contributed by atoms with van der Waals surface area (Å²) >= 11 is 0. The van der Waals surface area contributed by atoms with E-state index in [0.717, 1.165) is 25.9 Å². The number of hydrogen-bond acceptors (Lipinski definition) is 4. The molecule has 0 spiro atoms. The van der Waals surface area contributed by atoms with Gasteiger partial charge in [-0.25, -0.2) is 0 Å². The van der Waals surface area contributed by atoms with Crippen molar-refractivity contribution in [3.05, 3.63) is 29.8 Å². The standard InChI is InChI=1S/C25H39N3O3/c1-19(2)22(27-23(29)20-10-12-21(31-3)13-11-20)24(30)26-18-25(14-6-4-7-15-25)28-16-8-5-9-17-28/h10-13,19,22H,4-9,14-18H2,1-3H3,(H,26,30)(H,27,29)/t22-/m0/s1. The van der Waals surface area contributed by atoms with Gasteiger partial charge in [0.25, 0.3) is 5.91 Å². The first kappa shape index (κ1) is 23.6. The third-order valence-corrected chi connectivity index (χ3v) is 6.99. The van der Waals surface area contributed by atoms with Crippen LogP contribution in [0, 0.1) is 5.92 Å². The Kier molecular flexibility index (Phi) is 8.35. The number of nitrogens with one attached hydrogen (secondary N) is 2. The van der Waals surface area contributed by atoms with E-state index in [0.29, 0.717) is 17.9 Å². The minimum atomic E-state index is -0.559. The Labute approximate surface area is 187 Å². The van der Waals surface area contributed by atoms with Crippen molar-refractivity contribution in [1.29, 1.82) is 0 Å². The Morgan fingerprint density at radius 1 is 1.00 bits per heavy atom. The molecule has 1 aliphatic carbocycles. The molecule has 0 unspecified atom stereocenters. The second-order valence-corrected chi connectivity index (χ2v) is 9.47. The van der Waals surface area contributed by atoms with Crippen molar-refractivity contribution in [2.75, 3.05) is 26.7 Å². The highest BCUT2D eigenvalue weighted by atomic mass is 16.5. The number of carbonyl (C=O) groups excluding carboxylic acids is 2. The number of rotatable bonds is 8. The van der Waals surface area contributed by atoms with Gasteiger partial charge in [0, 0.05) is 17.6 Å². The van der Waals surface area contributed by atoms with Crippen LogP contribution < -0.4 is 15.4 Å². The quantitative estimate of drug-likeness (QED) is 0.660. The Morgan fingerprint density at radius 2 is 1.61 bits per heavy atom. The van der Waals surface area contributed by atoms with E-state index in [9.17, 15) is 9.59 Å². The average molecular weight is 430 g/mol. The number of carbonyl (C=O) groups is 2. The molecule has 0 radical (unpaired) electrons. The largest absolute Gasteiger partial charge is 0.497 e. The molecule has 31 heavy (non-hydrogen) atoms. The monoisotopic (exact) mass is 429 g/mol. The van der Waals surface area contributed by atoms with Crippen molar-refractivity contribution in [2.24, 2.45) is 5.92 Å². The molecule has 0 aromatic heterocycles. The van der Waals surface area contributed by atoms with Gasteiger partial charge < -0.3 is 15.4 Å². The van der Waals surface area contributed by atoms with Crippen molar-refractivity contribution in [3.8, 4) is 5.75 Å². The molecule has 0 bridgehead atoms. The summed E-state index contributed by atoms with van der Waals surface area (Å²) in [5.74, 6) is 0.378. The summed E-state index contributed by atoms with van der Waals surface area (Å²) in [7, 11) is 1.59. The summed E-state index contributed by atoms with van der Waals surface area (Å²) in [6.45, 7) is 6.89. The molecule has 2 aliphatic rings. The zero-order valence-electron chi connectivity index (χ0n) is 19.4. The molecule has 1 aromatic rings. The molecule has 3 rings (SSSR count). The summed E-state index contributed by atoms with van der Waals surface area (Å²) < 4.78 is 5.16. The second-order valence-electron chi connectivity index (χ2n) is 9.47. The molecule has 1 heterocycles. The molecular formula is C25H39N3O3. The van der Waals surface area contributed by atoms with Gasteiger partial charge >= 0.3 is 0 Å². The van der Waals surface area contributed by atoms with Crippen LogP contribution in [0.5, 0.6) is 5.75 Å². The fourth-order valence-corrected chi connectivity index (χ4v) is 5.05. The van der Waals surface area contributed by atoms with Gasteiger partial charge in [0.15, 0.2) is 0 Å². The number of benzene rings is 1. The Morgan fingerprint density at radius 3 is 2.19 bits per heavy atom. The molecule has 1 aliphatic heterocycles. The van der Waals surface area contributed by atoms with E-state index in [1.165, 1.54) is 38.5 Å². The number of hydrogen-bond donors (Lipinski definition) is 2. The lowest BCUT2D eigenvalue weighted by Gasteiger charge is -2.48. The van der Waals surface area contributed by atoms with Crippen LogP contribution >= 0.6 is 0 Å². The van der Waals surface area contributed by atoms with Crippen LogP contribution in [0.25, 0.3) is 0 Å². The molecule has 1 aromatic carbocycles. The van der Waals surface area contributed by atoms with E-state index in [-0.39, 0.29) is 23.3 Å². The van der Waals surface area contributed by atoms with Crippen LogP contribution in [-0.4, -0.2) is 55.0 Å². The van der Waals surface area contributed by atoms with Crippen molar-refractivity contribution >= 4 is 11.8 Å². The summed E-state index contributed by atoms with van der Waals surface area (Å²) in [5, 5.41) is 6.18. The van der Waals surface area contributed by atoms with Gasteiger partial charge in [0.2, 0.25) is 5.91 Å². The molecular weight excluding hydrogens is 390 g/mol. The van der Waals surface area contributed by atoms with E-state index in [1.54, 1.807) is 31.4 Å². The molecule has 1 saturated carbocycles. The van der Waals surface area contributed by atoms with Gasteiger partial charge in [-0.1, -0.05) is 39.5 Å².